The predicted octanol–water partition coefficient (Wildman–Crippen LogP) is 7.84. The topological polar surface area (TPSA) is 49.8 Å². The molecule has 0 amide bonds. The highest BCUT2D eigenvalue weighted by Crippen LogP contribution is 2.37. The predicted molar refractivity (Wildman–Crippen MR) is 142 cm³/mol. The van der Waals surface area contributed by atoms with Crippen molar-refractivity contribution in [3.8, 4) is 11.5 Å². The van der Waals surface area contributed by atoms with Gasteiger partial charge in [-0.05, 0) is 84.9 Å². The molecule has 0 atom stereocenters. The lowest BCUT2D eigenvalue weighted by Gasteiger charge is -2.28. The van der Waals surface area contributed by atoms with E-state index >= 15 is 0 Å². The van der Waals surface area contributed by atoms with Crippen molar-refractivity contribution in [2.75, 3.05) is 4.90 Å². The maximum Gasteiger partial charge on any atom is 0.307 e. The Labute approximate surface area is 216 Å². The van der Waals surface area contributed by atoms with Crippen LogP contribution in [0.15, 0.2) is 106 Å². The monoisotopic (exact) mass is 579 g/mol. The molecule has 0 saturated carbocycles. The molecule has 0 aliphatic heterocycles. The summed E-state index contributed by atoms with van der Waals surface area (Å²) >= 11 is 7.36. The molecule has 1 N–H and O–H groups in total. The van der Waals surface area contributed by atoms with Crippen molar-refractivity contribution in [1.29, 1.82) is 0 Å². The number of hydrogen-bond acceptors (Lipinski definition) is 3. The van der Waals surface area contributed by atoms with Gasteiger partial charge in [0.05, 0.1) is 12.1 Å². The molecule has 0 spiro atoms. The molecule has 0 aliphatic rings. The van der Waals surface area contributed by atoms with Crippen molar-refractivity contribution in [1.82, 2.24) is 0 Å². The van der Waals surface area contributed by atoms with E-state index in [-0.39, 0.29) is 6.42 Å². The first kappa shape index (κ1) is 24.0. The molecule has 4 aromatic rings. The SMILES string of the molecule is O=C(O)Cc1cc(Br)c(N(Cc2ccccc2)Cc2ccc(Oc3ccccc3)cc2)c(Br)c1. The summed E-state index contributed by atoms with van der Waals surface area (Å²) in [7, 11) is 0. The van der Waals surface area contributed by atoms with Crippen LogP contribution in [0, 0.1) is 0 Å². The first-order valence-corrected chi connectivity index (χ1v) is 12.4. The van der Waals surface area contributed by atoms with Crippen molar-refractivity contribution in [3.63, 3.8) is 0 Å². The lowest BCUT2D eigenvalue weighted by atomic mass is 10.1. The number of carboxylic acid groups (broad SMARTS) is 1. The van der Waals surface area contributed by atoms with Crippen LogP contribution < -0.4 is 9.64 Å². The summed E-state index contributed by atoms with van der Waals surface area (Å²) < 4.78 is 7.62. The van der Waals surface area contributed by atoms with E-state index in [2.05, 4.69) is 61.0 Å². The van der Waals surface area contributed by atoms with Gasteiger partial charge >= 0.3 is 5.97 Å². The molecule has 0 aliphatic carbocycles. The molecule has 0 bridgehead atoms. The fraction of sp³-hybridized carbons (Fsp3) is 0.107. The van der Waals surface area contributed by atoms with E-state index in [1.165, 1.54) is 5.56 Å². The van der Waals surface area contributed by atoms with Gasteiger partial charge in [0, 0.05) is 22.0 Å². The zero-order valence-corrected chi connectivity index (χ0v) is 21.5. The van der Waals surface area contributed by atoms with Gasteiger partial charge in [0.25, 0.3) is 0 Å². The van der Waals surface area contributed by atoms with Crippen molar-refractivity contribution in [2.45, 2.75) is 19.5 Å². The van der Waals surface area contributed by atoms with Crippen LogP contribution in [0.1, 0.15) is 16.7 Å². The number of rotatable bonds is 9. The molecule has 4 nitrogen and oxygen atoms in total. The standard InChI is InChI=1S/C28H23Br2NO3/c29-25-15-22(17-27(32)33)16-26(30)28(25)31(18-20-7-3-1-4-8-20)19-21-11-13-24(14-12-21)34-23-9-5-2-6-10-23/h1-16H,17-19H2,(H,32,33). The molecule has 0 radical (unpaired) electrons. The number of carboxylic acids is 1. The molecule has 0 aromatic heterocycles. The number of carbonyl (C=O) groups is 1. The second-order valence-corrected chi connectivity index (χ2v) is 9.59. The molecule has 4 rings (SSSR count). The van der Waals surface area contributed by atoms with Gasteiger partial charge in [-0.2, -0.15) is 0 Å². The summed E-state index contributed by atoms with van der Waals surface area (Å²) in [6, 6.07) is 31.8. The van der Waals surface area contributed by atoms with Crippen molar-refractivity contribution >= 4 is 43.5 Å². The van der Waals surface area contributed by atoms with Crippen LogP contribution in [0.25, 0.3) is 0 Å². The quantitative estimate of drug-likeness (QED) is 0.219. The molecule has 34 heavy (non-hydrogen) atoms. The Hall–Kier alpha value is -3.09. The average Bonchev–Trinajstić information content (AvgIpc) is 2.81. The Bertz CT molecular complexity index is 1220. The molecule has 6 heteroatoms. The molecule has 0 fully saturated rings. The lowest BCUT2D eigenvalue weighted by Crippen LogP contribution is -2.23. The summed E-state index contributed by atoms with van der Waals surface area (Å²) in [5.41, 5.74) is 4.02. The van der Waals surface area contributed by atoms with Crippen LogP contribution in [0.2, 0.25) is 0 Å². The van der Waals surface area contributed by atoms with Crippen LogP contribution in [-0.4, -0.2) is 11.1 Å². The summed E-state index contributed by atoms with van der Waals surface area (Å²) in [6.07, 6.45) is -0.0287. The van der Waals surface area contributed by atoms with Gasteiger partial charge in [0.15, 0.2) is 0 Å². The smallest absolute Gasteiger partial charge is 0.307 e. The van der Waals surface area contributed by atoms with Gasteiger partial charge < -0.3 is 14.7 Å². The molecule has 0 unspecified atom stereocenters. The van der Waals surface area contributed by atoms with E-state index in [9.17, 15) is 9.90 Å². The lowest BCUT2D eigenvalue weighted by molar-refractivity contribution is -0.136. The number of benzene rings is 4. The fourth-order valence-corrected chi connectivity index (χ4v) is 5.51. The van der Waals surface area contributed by atoms with Crippen LogP contribution in [0.3, 0.4) is 0 Å². The Morgan fingerprint density at radius 1 is 0.706 bits per heavy atom. The Morgan fingerprint density at radius 3 is 1.76 bits per heavy atom. The van der Waals surface area contributed by atoms with E-state index in [1.54, 1.807) is 0 Å². The number of nitrogens with zero attached hydrogens (tertiary/aromatic N) is 1. The van der Waals surface area contributed by atoms with Gasteiger partial charge in [-0.1, -0.05) is 60.7 Å². The van der Waals surface area contributed by atoms with Gasteiger partial charge in [-0.15, -0.1) is 0 Å². The largest absolute Gasteiger partial charge is 0.481 e. The molecule has 172 valence electrons. The van der Waals surface area contributed by atoms with Crippen molar-refractivity contribution < 1.29 is 14.6 Å². The van der Waals surface area contributed by atoms with Crippen LogP contribution in [0.4, 0.5) is 5.69 Å². The maximum atomic E-state index is 11.2. The van der Waals surface area contributed by atoms with Gasteiger partial charge in [0.2, 0.25) is 0 Å². The van der Waals surface area contributed by atoms with Gasteiger partial charge in [0.1, 0.15) is 11.5 Å². The summed E-state index contributed by atoms with van der Waals surface area (Å²) in [5.74, 6) is 0.728. The van der Waals surface area contributed by atoms with Crippen molar-refractivity contribution in [2.24, 2.45) is 0 Å². The van der Waals surface area contributed by atoms with E-state index in [0.717, 1.165) is 37.3 Å². The van der Waals surface area contributed by atoms with Gasteiger partial charge in [-0.3, -0.25) is 4.79 Å². The van der Waals surface area contributed by atoms with Crippen LogP contribution >= 0.6 is 31.9 Å². The normalized spacial score (nSPS) is 10.6. The number of halogens is 2. The van der Waals surface area contributed by atoms with Gasteiger partial charge in [-0.25, -0.2) is 0 Å². The number of para-hydroxylation sites is 1. The molecule has 0 heterocycles. The summed E-state index contributed by atoms with van der Waals surface area (Å²) in [6.45, 7) is 1.36. The Balaban J connectivity index is 1.60. The van der Waals surface area contributed by atoms with Crippen molar-refractivity contribution in [3.05, 3.63) is 123 Å². The number of aliphatic carboxylic acids is 1. The molecule has 0 saturated heterocycles. The first-order valence-electron chi connectivity index (χ1n) is 10.8. The molecular weight excluding hydrogens is 558 g/mol. The summed E-state index contributed by atoms with van der Waals surface area (Å²) in [4.78, 5) is 13.4. The third kappa shape index (κ3) is 6.49. The average molecular weight is 581 g/mol. The van der Waals surface area contributed by atoms with Crippen LogP contribution in [-0.2, 0) is 24.3 Å². The molecule has 4 aromatic carbocycles. The number of hydrogen-bond donors (Lipinski definition) is 1. The highest BCUT2D eigenvalue weighted by Gasteiger charge is 2.17. The minimum atomic E-state index is -0.856. The third-order valence-electron chi connectivity index (χ3n) is 5.24. The number of anilines is 1. The summed E-state index contributed by atoms with van der Waals surface area (Å²) in [5, 5.41) is 9.18. The molecular formula is C28H23Br2NO3. The highest BCUT2D eigenvalue weighted by molar-refractivity contribution is 9.11. The minimum absolute atomic E-state index is 0.0287. The minimum Gasteiger partial charge on any atom is -0.481 e. The number of ether oxygens (including phenoxy) is 1. The fourth-order valence-electron chi connectivity index (χ4n) is 3.72. The van der Waals surface area contributed by atoms with E-state index in [1.807, 2.05) is 72.8 Å². The Kier molecular flexibility index (Phi) is 8.03. The Morgan fingerprint density at radius 2 is 1.21 bits per heavy atom. The first-order chi connectivity index (χ1) is 16.5. The van der Waals surface area contributed by atoms with E-state index < -0.39 is 5.97 Å². The zero-order valence-electron chi connectivity index (χ0n) is 18.3. The second kappa shape index (κ2) is 11.4. The zero-order chi connectivity index (χ0) is 23.9. The van der Waals surface area contributed by atoms with E-state index in [0.29, 0.717) is 13.1 Å². The van der Waals surface area contributed by atoms with E-state index in [4.69, 9.17) is 4.74 Å². The third-order valence-corrected chi connectivity index (χ3v) is 6.45. The van der Waals surface area contributed by atoms with Crippen LogP contribution in [0.5, 0.6) is 11.5 Å². The second-order valence-electron chi connectivity index (χ2n) is 7.88. The maximum absolute atomic E-state index is 11.2. The highest BCUT2D eigenvalue weighted by atomic mass is 79.9.